The summed E-state index contributed by atoms with van der Waals surface area (Å²) in [6.45, 7) is 1.86. The van der Waals surface area contributed by atoms with Crippen molar-refractivity contribution in [2.75, 3.05) is 0 Å². The molecule has 0 saturated carbocycles. The minimum Gasteiger partial charge on any atom is -0.329 e. The predicted molar refractivity (Wildman–Crippen MR) is 67.1 cm³/mol. The van der Waals surface area contributed by atoms with Gasteiger partial charge in [0.1, 0.15) is 17.3 Å². The minimum absolute atomic E-state index is 0.236. The number of carbonyl (C=O) groups is 1. The van der Waals surface area contributed by atoms with E-state index in [4.69, 9.17) is 0 Å². The summed E-state index contributed by atoms with van der Waals surface area (Å²) >= 11 is 0. The van der Waals surface area contributed by atoms with Crippen molar-refractivity contribution in [2.45, 2.75) is 19.8 Å². The quantitative estimate of drug-likeness (QED) is 0.777. The van der Waals surface area contributed by atoms with E-state index < -0.39 is 0 Å². The van der Waals surface area contributed by atoms with Gasteiger partial charge >= 0.3 is 0 Å². The van der Waals surface area contributed by atoms with Gasteiger partial charge in [-0.1, -0.05) is 12.1 Å². The monoisotopic (exact) mass is 246 g/mol. The Balaban J connectivity index is 2.15. The molecule has 0 amide bonds. The summed E-state index contributed by atoms with van der Waals surface area (Å²) in [4.78, 5) is 15.4. The standard InChI is InChI=1S/C14H15FN2O/c1-10-16-13(14(9-18)17(10)2)7-6-11-4-3-5-12(15)8-11/h3-5,8-9H,6-7H2,1-2H3. The Hall–Kier alpha value is -1.97. The van der Waals surface area contributed by atoms with E-state index in [2.05, 4.69) is 4.98 Å². The van der Waals surface area contributed by atoms with Crippen LogP contribution in [0.15, 0.2) is 24.3 Å². The van der Waals surface area contributed by atoms with Gasteiger partial charge in [-0.25, -0.2) is 9.37 Å². The van der Waals surface area contributed by atoms with Crippen LogP contribution in [0.5, 0.6) is 0 Å². The Morgan fingerprint density at radius 3 is 2.83 bits per heavy atom. The van der Waals surface area contributed by atoms with Gasteiger partial charge in [0.15, 0.2) is 6.29 Å². The Kier molecular flexibility index (Phi) is 3.55. The van der Waals surface area contributed by atoms with Crippen molar-refractivity contribution < 1.29 is 9.18 Å². The maximum absolute atomic E-state index is 13.0. The van der Waals surface area contributed by atoms with Gasteiger partial charge in [0.2, 0.25) is 0 Å². The largest absolute Gasteiger partial charge is 0.329 e. The fourth-order valence-electron chi connectivity index (χ4n) is 1.98. The number of aldehydes is 1. The molecule has 0 radical (unpaired) electrons. The molecule has 0 aliphatic heterocycles. The molecule has 0 N–H and O–H groups in total. The second-order valence-electron chi connectivity index (χ2n) is 4.30. The Bertz CT molecular complexity index is 575. The van der Waals surface area contributed by atoms with Crippen LogP contribution >= 0.6 is 0 Å². The fraction of sp³-hybridized carbons (Fsp3) is 0.286. The summed E-state index contributed by atoms with van der Waals surface area (Å²) in [7, 11) is 1.82. The Morgan fingerprint density at radius 2 is 2.17 bits per heavy atom. The Morgan fingerprint density at radius 1 is 1.39 bits per heavy atom. The molecule has 0 bridgehead atoms. The van der Waals surface area contributed by atoms with E-state index >= 15 is 0 Å². The number of halogens is 1. The summed E-state index contributed by atoms with van der Waals surface area (Å²) in [5.74, 6) is 0.576. The van der Waals surface area contributed by atoms with Crippen molar-refractivity contribution in [1.82, 2.24) is 9.55 Å². The van der Waals surface area contributed by atoms with E-state index in [1.165, 1.54) is 12.1 Å². The second kappa shape index (κ2) is 5.12. The molecule has 0 unspecified atom stereocenters. The van der Waals surface area contributed by atoms with Crippen LogP contribution in [-0.2, 0) is 19.9 Å². The molecule has 0 saturated heterocycles. The summed E-state index contributed by atoms with van der Waals surface area (Å²) in [6.07, 6.45) is 2.13. The van der Waals surface area contributed by atoms with Crippen LogP contribution < -0.4 is 0 Å². The van der Waals surface area contributed by atoms with Gasteiger partial charge in [0, 0.05) is 7.05 Å². The van der Waals surface area contributed by atoms with Gasteiger partial charge < -0.3 is 4.57 Å². The molecule has 0 spiro atoms. The van der Waals surface area contributed by atoms with E-state index in [-0.39, 0.29) is 5.82 Å². The highest BCUT2D eigenvalue weighted by Crippen LogP contribution is 2.12. The summed E-state index contributed by atoms with van der Waals surface area (Å²) < 4.78 is 14.8. The topological polar surface area (TPSA) is 34.9 Å². The summed E-state index contributed by atoms with van der Waals surface area (Å²) in [6, 6.07) is 6.50. The number of hydrogen-bond acceptors (Lipinski definition) is 2. The first kappa shape index (κ1) is 12.5. The molecule has 94 valence electrons. The summed E-state index contributed by atoms with van der Waals surface area (Å²) in [5.41, 5.74) is 2.29. The van der Waals surface area contributed by atoms with Gasteiger partial charge in [0.05, 0.1) is 5.69 Å². The SMILES string of the molecule is Cc1nc(CCc2cccc(F)c2)c(C=O)n1C. The molecule has 1 aromatic heterocycles. The fourth-order valence-corrected chi connectivity index (χ4v) is 1.98. The first-order chi connectivity index (χ1) is 8.61. The van der Waals surface area contributed by atoms with Gasteiger partial charge in [-0.15, -0.1) is 0 Å². The predicted octanol–water partition coefficient (Wildman–Crippen LogP) is 2.47. The van der Waals surface area contributed by atoms with Crippen molar-refractivity contribution in [3.8, 4) is 0 Å². The zero-order valence-electron chi connectivity index (χ0n) is 10.5. The highest BCUT2D eigenvalue weighted by molar-refractivity contribution is 5.74. The van der Waals surface area contributed by atoms with Crippen LogP contribution in [-0.4, -0.2) is 15.8 Å². The van der Waals surface area contributed by atoms with Crippen LogP contribution in [0.4, 0.5) is 4.39 Å². The van der Waals surface area contributed by atoms with Crippen molar-refractivity contribution in [1.29, 1.82) is 0 Å². The lowest BCUT2D eigenvalue weighted by Crippen LogP contribution is -2.00. The number of benzene rings is 1. The number of aryl methyl sites for hydroxylation is 3. The van der Waals surface area contributed by atoms with Gasteiger partial charge in [0.25, 0.3) is 0 Å². The van der Waals surface area contributed by atoms with Crippen molar-refractivity contribution >= 4 is 6.29 Å². The van der Waals surface area contributed by atoms with Gasteiger partial charge in [-0.2, -0.15) is 0 Å². The lowest BCUT2D eigenvalue weighted by Gasteiger charge is -2.01. The maximum atomic E-state index is 13.0. The summed E-state index contributed by atoms with van der Waals surface area (Å²) in [5, 5.41) is 0. The van der Waals surface area contributed by atoms with Crippen LogP contribution in [0, 0.1) is 12.7 Å². The zero-order valence-corrected chi connectivity index (χ0v) is 10.5. The molecule has 1 aromatic carbocycles. The molecule has 0 aliphatic rings. The van der Waals surface area contributed by atoms with Crippen LogP contribution in [0.1, 0.15) is 27.6 Å². The second-order valence-corrected chi connectivity index (χ2v) is 4.30. The van der Waals surface area contributed by atoms with Crippen molar-refractivity contribution in [2.24, 2.45) is 7.05 Å². The molecule has 0 atom stereocenters. The zero-order chi connectivity index (χ0) is 13.1. The lowest BCUT2D eigenvalue weighted by atomic mass is 10.1. The number of rotatable bonds is 4. The molecule has 2 rings (SSSR count). The molecule has 1 heterocycles. The third-order valence-electron chi connectivity index (χ3n) is 3.09. The molecule has 0 fully saturated rings. The Labute approximate surface area is 105 Å². The smallest absolute Gasteiger partial charge is 0.168 e. The molecule has 3 nitrogen and oxygen atoms in total. The van der Waals surface area contributed by atoms with E-state index in [1.807, 2.05) is 20.0 Å². The lowest BCUT2D eigenvalue weighted by molar-refractivity contribution is 0.111. The van der Waals surface area contributed by atoms with Gasteiger partial charge in [-0.3, -0.25) is 4.79 Å². The number of aromatic nitrogens is 2. The average molecular weight is 246 g/mol. The van der Waals surface area contributed by atoms with Crippen molar-refractivity contribution in [3.63, 3.8) is 0 Å². The molecular formula is C14H15FN2O. The highest BCUT2D eigenvalue weighted by atomic mass is 19.1. The van der Waals surface area contributed by atoms with E-state index in [1.54, 1.807) is 10.6 Å². The number of imidazole rings is 1. The highest BCUT2D eigenvalue weighted by Gasteiger charge is 2.11. The molecule has 4 heteroatoms. The third kappa shape index (κ3) is 2.47. The van der Waals surface area contributed by atoms with Gasteiger partial charge in [-0.05, 0) is 37.5 Å². The molecule has 0 aliphatic carbocycles. The van der Waals surface area contributed by atoms with Crippen LogP contribution in [0.25, 0.3) is 0 Å². The van der Waals surface area contributed by atoms with Crippen LogP contribution in [0.3, 0.4) is 0 Å². The minimum atomic E-state index is -0.236. The third-order valence-corrected chi connectivity index (χ3v) is 3.09. The number of nitrogens with zero attached hydrogens (tertiary/aromatic N) is 2. The van der Waals surface area contributed by atoms with E-state index in [0.717, 1.165) is 23.4 Å². The number of carbonyl (C=O) groups excluding carboxylic acids is 1. The first-order valence-corrected chi connectivity index (χ1v) is 5.83. The molecular weight excluding hydrogens is 231 g/mol. The van der Waals surface area contributed by atoms with E-state index in [0.29, 0.717) is 18.5 Å². The van der Waals surface area contributed by atoms with Crippen molar-refractivity contribution in [3.05, 3.63) is 52.9 Å². The maximum Gasteiger partial charge on any atom is 0.168 e. The average Bonchev–Trinajstić information content (AvgIpc) is 2.62. The van der Waals surface area contributed by atoms with Crippen LogP contribution in [0.2, 0.25) is 0 Å². The van der Waals surface area contributed by atoms with E-state index in [9.17, 15) is 9.18 Å². The first-order valence-electron chi connectivity index (χ1n) is 5.83. The number of hydrogen-bond donors (Lipinski definition) is 0. The normalized spacial score (nSPS) is 10.6. The molecule has 18 heavy (non-hydrogen) atoms. The molecule has 2 aromatic rings.